The molecule has 2 heteroatoms. The van der Waals surface area contributed by atoms with Crippen molar-refractivity contribution in [3.63, 3.8) is 0 Å². The summed E-state index contributed by atoms with van der Waals surface area (Å²) >= 11 is 0. The maximum atomic E-state index is 2.46. The van der Waals surface area contributed by atoms with Crippen LogP contribution < -0.4 is 4.90 Å². The average Bonchev–Trinajstić information content (AvgIpc) is 3.72. The first-order valence-corrected chi connectivity index (χ1v) is 19.8. The number of rotatable bonds is 6. The summed E-state index contributed by atoms with van der Waals surface area (Å²) in [4.78, 5) is 2.46. The minimum atomic E-state index is -0.153. The van der Waals surface area contributed by atoms with Crippen LogP contribution in [0.1, 0.15) is 25.0 Å². The third-order valence-corrected chi connectivity index (χ3v) is 12.1. The van der Waals surface area contributed by atoms with E-state index >= 15 is 0 Å². The van der Waals surface area contributed by atoms with Crippen molar-refractivity contribution in [2.24, 2.45) is 0 Å². The third kappa shape index (κ3) is 5.33. The highest BCUT2D eigenvalue weighted by Gasteiger charge is 2.38. The molecule has 1 aliphatic rings. The highest BCUT2D eigenvalue weighted by molar-refractivity contribution is 6.11. The lowest BCUT2D eigenvalue weighted by Gasteiger charge is -2.29. The first-order chi connectivity index (χ1) is 28.0. The summed E-state index contributed by atoms with van der Waals surface area (Å²) < 4.78 is 2.39. The molecule has 11 rings (SSSR count). The van der Waals surface area contributed by atoms with Gasteiger partial charge in [0.15, 0.2) is 0 Å². The number of hydrogen-bond donors (Lipinski definition) is 0. The van der Waals surface area contributed by atoms with Gasteiger partial charge in [0.25, 0.3) is 0 Å². The number of aromatic nitrogens is 1. The first-order valence-electron chi connectivity index (χ1n) is 19.8. The molecule has 2 nitrogen and oxygen atoms in total. The molecule has 0 aliphatic heterocycles. The maximum Gasteiger partial charge on any atom is 0.0542 e. The predicted octanol–water partition coefficient (Wildman–Crippen LogP) is 15.0. The average molecular weight is 729 g/mol. The molecule has 0 N–H and O–H groups in total. The Kier molecular flexibility index (Phi) is 7.55. The normalized spacial score (nSPS) is 12.9. The third-order valence-electron chi connectivity index (χ3n) is 12.1. The van der Waals surface area contributed by atoms with E-state index in [1.165, 1.54) is 77.1 Å². The van der Waals surface area contributed by atoms with E-state index in [-0.39, 0.29) is 5.41 Å². The van der Waals surface area contributed by atoms with Crippen LogP contribution in [0.2, 0.25) is 0 Å². The fourth-order valence-electron chi connectivity index (χ4n) is 9.46. The molecular formula is C55H40N2. The number of fused-ring (bicyclic) bond motifs is 7. The minimum absolute atomic E-state index is 0.153. The van der Waals surface area contributed by atoms with Crippen LogP contribution in [0.4, 0.5) is 17.1 Å². The van der Waals surface area contributed by atoms with Crippen LogP contribution in [0.5, 0.6) is 0 Å². The Hall–Kier alpha value is -7.16. The van der Waals surface area contributed by atoms with E-state index in [0.717, 1.165) is 22.7 Å². The Bertz CT molecular complexity index is 3130. The van der Waals surface area contributed by atoms with E-state index in [0.29, 0.717) is 0 Å². The van der Waals surface area contributed by atoms with Crippen molar-refractivity contribution in [2.45, 2.75) is 19.3 Å². The summed E-state index contributed by atoms with van der Waals surface area (Å²) in [5.74, 6) is 0. The summed E-state index contributed by atoms with van der Waals surface area (Å²) in [6.45, 7) is 4.76. The molecule has 0 spiro atoms. The van der Waals surface area contributed by atoms with Crippen LogP contribution >= 0.6 is 0 Å². The van der Waals surface area contributed by atoms with Crippen molar-refractivity contribution in [3.05, 3.63) is 217 Å². The standard InChI is InChI=1S/C55H40N2/c1-55(2)51-23-13-11-21-46(51)50-36-45(35-48(54(50)55)39-16-5-3-6-17-39)56(43-29-27-38(28-30-43)41-26-25-37-15-9-10-18-40(37)33-41)44-31-32-53-49(34-44)47-22-12-14-24-52(47)57(53)42-19-7-4-8-20-42/h3-36H,1-2H3. The van der Waals surface area contributed by atoms with Gasteiger partial charge in [-0.3, -0.25) is 0 Å². The molecule has 10 aromatic rings. The topological polar surface area (TPSA) is 8.17 Å². The maximum absolute atomic E-state index is 2.46. The SMILES string of the molecule is CC1(C)c2ccccc2-c2cc(N(c3ccc(-c4ccc5ccccc5c4)cc3)c3ccc4c(c3)c3ccccc3n4-c3ccccc3)cc(-c3ccccc3)c21. The van der Waals surface area contributed by atoms with Gasteiger partial charge in [-0.25, -0.2) is 0 Å². The number of anilines is 3. The first kappa shape index (κ1) is 33.2. The summed E-state index contributed by atoms with van der Waals surface area (Å²) in [5.41, 5.74) is 17.0. The molecule has 1 aromatic heterocycles. The van der Waals surface area contributed by atoms with Gasteiger partial charge in [0, 0.05) is 38.9 Å². The molecular weight excluding hydrogens is 689 g/mol. The van der Waals surface area contributed by atoms with Gasteiger partial charge in [0.2, 0.25) is 0 Å². The second kappa shape index (κ2) is 13.0. The predicted molar refractivity (Wildman–Crippen MR) is 241 cm³/mol. The van der Waals surface area contributed by atoms with Crippen LogP contribution in [-0.2, 0) is 5.41 Å². The van der Waals surface area contributed by atoms with Gasteiger partial charge in [0.05, 0.1) is 11.0 Å². The summed E-state index contributed by atoms with van der Waals surface area (Å²) in [6, 6.07) is 75.7. The molecule has 0 saturated heterocycles. The summed E-state index contributed by atoms with van der Waals surface area (Å²) in [6.07, 6.45) is 0. The largest absolute Gasteiger partial charge is 0.310 e. The lowest BCUT2D eigenvalue weighted by atomic mass is 9.78. The highest BCUT2D eigenvalue weighted by atomic mass is 15.1. The molecule has 0 unspecified atom stereocenters. The van der Waals surface area contributed by atoms with Gasteiger partial charge in [-0.1, -0.05) is 153 Å². The van der Waals surface area contributed by atoms with Crippen LogP contribution in [0.25, 0.3) is 71.6 Å². The van der Waals surface area contributed by atoms with Gasteiger partial charge in [-0.05, 0) is 122 Å². The Morgan fingerprint density at radius 1 is 0.386 bits per heavy atom. The Labute approximate surface area is 333 Å². The van der Waals surface area contributed by atoms with Gasteiger partial charge in [0.1, 0.15) is 0 Å². The molecule has 57 heavy (non-hydrogen) atoms. The Morgan fingerprint density at radius 3 is 1.84 bits per heavy atom. The summed E-state index contributed by atoms with van der Waals surface area (Å²) in [5, 5.41) is 4.96. The van der Waals surface area contributed by atoms with Crippen molar-refractivity contribution < 1.29 is 0 Å². The Morgan fingerprint density at radius 2 is 1.02 bits per heavy atom. The van der Waals surface area contributed by atoms with Gasteiger partial charge in [-0.2, -0.15) is 0 Å². The number of nitrogens with zero attached hydrogens (tertiary/aromatic N) is 2. The van der Waals surface area contributed by atoms with Crippen LogP contribution in [0.3, 0.4) is 0 Å². The fraction of sp³-hybridized carbons (Fsp3) is 0.0545. The van der Waals surface area contributed by atoms with E-state index in [2.05, 4.69) is 230 Å². The van der Waals surface area contributed by atoms with E-state index in [9.17, 15) is 0 Å². The zero-order valence-corrected chi connectivity index (χ0v) is 32.0. The molecule has 0 bridgehead atoms. The quantitative estimate of drug-likeness (QED) is 0.165. The number of hydrogen-bond acceptors (Lipinski definition) is 1. The highest BCUT2D eigenvalue weighted by Crippen LogP contribution is 2.54. The zero-order valence-electron chi connectivity index (χ0n) is 32.0. The van der Waals surface area contributed by atoms with Crippen molar-refractivity contribution in [1.82, 2.24) is 4.57 Å². The summed E-state index contributed by atoms with van der Waals surface area (Å²) in [7, 11) is 0. The molecule has 0 fully saturated rings. The van der Waals surface area contributed by atoms with Gasteiger partial charge in [-0.15, -0.1) is 0 Å². The lowest BCUT2D eigenvalue weighted by molar-refractivity contribution is 0.662. The van der Waals surface area contributed by atoms with Gasteiger partial charge < -0.3 is 9.47 Å². The smallest absolute Gasteiger partial charge is 0.0542 e. The lowest BCUT2D eigenvalue weighted by Crippen LogP contribution is -2.17. The van der Waals surface area contributed by atoms with Crippen molar-refractivity contribution in [1.29, 1.82) is 0 Å². The molecule has 0 atom stereocenters. The second-order valence-corrected chi connectivity index (χ2v) is 15.8. The van der Waals surface area contributed by atoms with Crippen LogP contribution in [0.15, 0.2) is 206 Å². The fourth-order valence-corrected chi connectivity index (χ4v) is 9.46. The van der Waals surface area contributed by atoms with Crippen molar-refractivity contribution >= 4 is 49.6 Å². The van der Waals surface area contributed by atoms with E-state index in [1.54, 1.807) is 0 Å². The number of para-hydroxylation sites is 2. The van der Waals surface area contributed by atoms with Crippen LogP contribution in [-0.4, -0.2) is 4.57 Å². The second-order valence-electron chi connectivity index (χ2n) is 15.8. The molecule has 0 radical (unpaired) electrons. The molecule has 270 valence electrons. The molecule has 1 aliphatic carbocycles. The van der Waals surface area contributed by atoms with Crippen molar-refractivity contribution in [2.75, 3.05) is 4.90 Å². The van der Waals surface area contributed by atoms with Crippen LogP contribution in [0, 0.1) is 0 Å². The zero-order chi connectivity index (χ0) is 38.1. The van der Waals surface area contributed by atoms with Gasteiger partial charge >= 0.3 is 0 Å². The molecule has 0 saturated carbocycles. The number of benzene rings is 9. The van der Waals surface area contributed by atoms with Crippen molar-refractivity contribution in [3.8, 4) is 39.1 Å². The molecule has 9 aromatic carbocycles. The monoisotopic (exact) mass is 728 g/mol. The van der Waals surface area contributed by atoms with E-state index < -0.39 is 0 Å². The van der Waals surface area contributed by atoms with E-state index in [1.807, 2.05) is 0 Å². The molecule has 1 heterocycles. The Balaban J connectivity index is 1.15. The van der Waals surface area contributed by atoms with E-state index in [4.69, 9.17) is 0 Å². The molecule has 0 amide bonds. The minimum Gasteiger partial charge on any atom is -0.310 e.